The van der Waals surface area contributed by atoms with Crippen molar-refractivity contribution in [1.29, 1.82) is 0 Å². The van der Waals surface area contributed by atoms with Crippen LogP contribution in [0.1, 0.15) is 30.0 Å². The lowest BCUT2D eigenvalue weighted by Gasteiger charge is -2.03. The van der Waals surface area contributed by atoms with Crippen molar-refractivity contribution in [2.24, 2.45) is 5.92 Å². The van der Waals surface area contributed by atoms with Crippen molar-refractivity contribution in [3.63, 3.8) is 0 Å². The number of carbonyl (C=O) groups is 2. The molecule has 22 heavy (non-hydrogen) atoms. The molecular weight excluding hydrogens is 286 g/mol. The number of carbonyl (C=O) groups excluding carboxylic acids is 2. The number of nitrogens with one attached hydrogen (secondary N) is 1. The van der Waals surface area contributed by atoms with Crippen LogP contribution >= 0.6 is 0 Å². The molecule has 2 rings (SSSR count). The third-order valence-electron chi connectivity index (χ3n) is 3.20. The Kier molecular flexibility index (Phi) is 4.25. The van der Waals surface area contributed by atoms with Gasteiger partial charge in [0.05, 0.1) is 23.3 Å². The lowest BCUT2D eigenvalue weighted by atomic mass is 10.2. The molecule has 0 aliphatic rings. The average molecular weight is 305 g/mol. The van der Waals surface area contributed by atoms with E-state index in [0.717, 1.165) is 0 Å². The van der Waals surface area contributed by atoms with Crippen LogP contribution in [0.2, 0.25) is 0 Å². The number of anilines is 2. The Bertz CT molecular complexity index is 714. The van der Waals surface area contributed by atoms with Gasteiger partial charge in [-0.3, -0.25) is 9.59 Å². The minimum Gasteiger partial charge on any atom is -0.396 e. The summed E-state index contributed by atoms with van der Waals surface area (Å²) in [5, 5.41) is 14.3. The third-order valence-corrected chi connectivity index (χ3v) is 3.20. The summed E-state index contributed by atoms with van der Waals surface area (Å²) in [6, 6.07) is 0. The summed E-state index contributed by atoms with van der Waals surface area (Å²) in [7, 11) is 0. The molecular formula is C13H19N7O2. The second-order valence-electron chi connectivity index (χ2n) is 5.34. The molecule has 0 aliphatic carbocycles. The smallest absolute Gasteiger partial charge is 0.268 e. The highest BCUT2D eigenvalue weighted by Gasteiger charge is 2.16. The lowest BCUT2D eigenvalue weighted by Crippen LogP contribution is -2.21. The van der Waals surface area contributed by atoms with E-state index < -0.39 is 0 Å². The number of nitrogens with two attached hydrogens (primary N) is 1. The van der Waals surface area contributed by atoms with Crippen molar-refractivity contribution in [3.05, 3.63) is 17.6 Å². The monoisotopic (exact) mass is 305 g/mol. The topological polar surface area (TPSA) is 121 Å². The molecule has 3 N–H and O–H groups in total. The highest BCUT2D eigenvalue weighted by molar-refractivity contribution is 5.91. The van der Waals surface area contributed by atoms with Gasteiger partial charge in [-0.15, -0.1) is 5.10 Å². The molecule has 0 aliphatic heterocycles. The van der Waals surface area contributed by atoms with Crippen LogP contribution in [0, 0.1) is 19.8 Å². The summed E-state index contributed by atoms with van der Waals surface area (Å²) in [6.07, 6.45) is 1.49. The molecule has 0 aromatic carbocycles. The number of rotatable bonds is 4. The molecule has 9 nitrogen and oxygen atoms in total. The van der Waals surface area contributed by atoms with Crippen LogP contribution in [-0.4, -0.2) is 36.6 Å². The SMILES string of the molecule is Cc1nn(C(=O)Cn2cc(NC(=O)C(C)C)nn2)c(C)c1N. The molecule has 0 bridgehead atoms. The molecule has 0 atom stereocenters. The van der Waals surface area contributed by atoms with E-state index >= 15 is 0 Å². The van der Waals surface area contributed by atoms with Crippen LogP contribution in [0.25, 0.3) is 0 Å². The predicted molar refractivity (Wildman–Crippen MR) is 80.2 cm³/mol. The second kappa shape index (κ2) is 5.96. The van der Waals surface area contributed by atoms with Crippen LogP contribution < -0.4 is 11.1 Å². The highest BCUT2D eigenvalue weighted by atomic mass is 16.2. The van der Waals surface area contributed by atoms with Crippen LogP contribution in [0.5, 0.6) is 0 Å². The van der Waals surface area contributed by atoms with Crippen molar-refractivity contribution in [3.8, 4) is 0 Å². The molecule has 0 radical (unpaired) electrons. The van der Waals surface area contributed by atoms with Crippen molar-refractivity contribution in [2.45, 2.75) is 34.2 Å². The van der Waals surface area contributed by atoms with E-state index in [0.29, 0.717) is 22.9 Å². The Balaban J connectivity index is 2.08. The van der Waals surface area contributed by atoms with Crippen molar-refractivity contribution < 1.29 is 9.59 Å². The Morgan fingerprint density at radius 2 is 2.05 bits per heavy atom. The van der Waals surface area contributed by atoms with Gasteiger partial charge in [0.15, 0.2) is 5.82 Å². The quantitative estimate of drug-likeness (QED) is 0.853. The first-order valence-electron chi connectivity index (χ1n) is 6.85. The molecule has 2 aromatic rings. The molecule has 0 saturated heterocycles. The first kappa shape index (κ1) is 15.7. The zero-order chi connectivity index (χ0) is 16.4. The third kappa shape index (κ3) is 3.13. The maximum absolute atomic E-state index is 12.2. The van der Waals surface area contributed by atoms with Crippen molar-refractivity contribution in [2.75, 3.05) is 11.1 Å². The fourth-order valence-corrected chi connectivity index (χ4v) is 1.81. The van der Waals surface area contributed by atoms with E-state index in [-0.39, 0.29) is 24.3 Å². The van der Waals surface area contributed by atoms with Gasteiger partial charge >= 0.3 is 0 Å². The van der Waals surface area contributed by atoms with Crippen LogP contribution in [0.4, 0.5) is 11.5 Å². The summed E-state index contributed by atoms with van der Waals surface area (Å²) in [6.45, 7) is 6.96. The molecule has 0 spiro atoms. The van der Waals surface area contributed by atoms with E-state index in [1.165, 1.54) is 15.6 Å². The number of hydrogen-bond acceptors (Lipinski definition) is 6. The molecule has 2 heterocycles. The van der Waals surface area contributed by atoms with Gasteiger partial charge < -0.3 is 11.1 Å². The Hall–Kier alpha value is -2.71. The van der Waals surface area contributed by atoms with Gasteiger partial charge in [-0.2, -0.15) is 5.10 Å². The van der Waals surface area contributed by atoms with Gasteiger partial charge in [-0.1, -0.05) is 19.1 Å². The zero-order valence-electron chi connectivity index (χ0n) is 13.0. The largest absolute Gasteiger partial charge is 0.396 e. The van der Waals surface area contributed by atoms with Gasteiger partial charge in [0.25, 0.3) is 5.91 Å². The summed E-state index contributed by atoms with van der Waals surface area (Å²) < 4.78 is 2.59. The molecule has 1 amide bonds. The number of hydrogen-bond donors (Lipinski definition) is 2. The standard InChI is InChI=1S/C13H19N7O2/c1-7(2)13(22)15-10-5-19(18-16-10)6-11(21)20-9(4)12(14)8(3)17-20/h5,7H,6,14H2,1-4H3,(H,15,22). The zero-order valence-corrected chi connectivity index (χ0v) is 13.0. The molecule has 0 saturated carbocycles. The first-order chi connectivity index (χ1) is 10.3. The summed E-state index contributed by atoms with van der Waals surface area (Å²) in [5.41, 5.74) is 7.50. The second-order valence-corrected chi connectivity index (χ2v) is 5.34. The van der Waals surface area contributed by atoms with Crippen LogP contribution in [0.3, 0.4) is 0 Å². The first-order valence-corrected chi connectivity index (χ1v) is 6.85. The summed E-state index contributed by atoms with van der Waals surface area (Å²) in [4.78, 5) is 23.8. The Morgan fingerprint density at radius 3 is 2.59 bits per heavy atom. The van der Waals surface area contributed by atoms with Gasteiger partial charge in [-0.05, 0) is 13.8 Å². The van der Waals surface area contributed by atoms with E-state index in [2.05, 4.69) is 20.7 Å². The van der Waals surface area contributed by atoms with E-state index in [9.17, 15) is 9.59 Å². The maximum Gasteiger partial charge on any atom is 0.268 e. The number of aromatic nitrogens is 5. The fourth-order valence-electron chi connectivity index (χ4n) is 1.81. The minimum absolute atomic E-state index is 0.0497. The fraction of sp³-hybridized carbons (Fsp3) is 0.462. The van der Waals surface area contributed by atoms with E-state index in [4.69, 9.17) is 5.73 Å². The summed E-state index contributed by atoms with van der Waals surface area (Å²) >= 11 is 0. The predicted octanol–water partition coefficient (Wildman–Crippen LogP) is 0.609. The molecule has 2 aromatic heterocycles. The molecule has 118 valence electrons. The number of amides is 1. The number of aryl methyl sites for hydroxylation is 1. The number of nitrogens with zero attached hydrogens (tertiary/aromatic N) is 5. The van der Waals surface area contributed by atoms with Crippen LogP contribution in [0.15, 0.2) is 6.20 Å². The molecule has 0 unspecified atom stereocenters. The van der Waals surface area contributed by atoms with Crippen molar-refractivity contribution in [1.82, 2.24) is 24.8 Å². The van der Waals surface area contributed by atoms with Gasteiger partial charge in [0.1, 0.15) is 6.54 Å². The normalized spacial score (nSPS) is 11.0. The summed E-state index contributed by atoms with van der Waals surface area (Å²) in [5.74, 6) is -0.308. The Morgan fingerprint density at radius 1 is 1.36 bits per heavy atom. The Labute approximate surface area is 127 Å². The van der Waals surface area contributed by atoms with Gasteiger partial charge in [-0.25, -0.2) is 9.36 Å². The van der Waals surface area contributed by atoms with E-state index in [1.54, 1.807) is 27.7 Å². The lowest BCUT2D eigenvalue weighted by molar-refractivity contribution is -0.118. The molecule has 9 heteroatoms. The minimum atomic E-state index is -0.288. The maximum atomic E-state index is 12.2. The van der Waals surface area contributed by atoms with Crippen LogP contribution in [-0.2, 0) is 11.3 Å². The van der Waals surface area contributed by atoms with Gasteiger partial charge in [0, 0.05) is 5.92 Å². The highest BCUT2D eigenvalue weighted by Crippen LogP contribution is 2.14. The average Bonchev–Trinajstić information content (AvgIpc) is 2.98. The number of nitrogen functional groups attached to an aromatic ring is 1. The van der Waals surface area contributed by atoms with Gasteiger partial charge in [0.2, 0.25) is 5.91 Å². The molecule has 0 fully saturated rings. The van der Waals surface area contributed by atoms with Crippen molar-refractivity contribution >= 4 is 23.3 Å². The van der Waals surface area contributed by atoms with E-state index in [1.807, 2.05) is 0 Å².